The molecule has 162 valence electrons. The van der Waals surface area contributed by atoms with E-state index in [1.807, 2.05) is 23.1 Å². The van der Waals surface area contributed by atoms with Crippen LogP contribution in [-0.2, 0) is 7.05 Å². The minimum absolute atomic E-state index is 0.0297. The van der Waals surface area contributed by atoms with Crippen molar-refractivity contribution in [3.63, 3.8) is 0 Å². The van der Waals surface area contributed by atoms with Gasteiger partial charge in [-0.2, -0.15) is 5.10 Å². The molecule has 1 aromatic carbocycles. The highest BCUT2D eigenvalue weighted by molar-refractivity contribution is 5.94. The molecule has 2 aromatic heterocycles. The summed E-state index contributed by atoms with van der Waals surface area (Å²) in [5.74, 6) is 1.87. The van der Waals surface area contributed by atoms with E-state index in [1.165, 1.54) is 6.33 Å². The number of piperidine rings is 1. The minimum Gasteiger partial charge on any atom is -0.497 e. The molecule has 1 fully saturated rings. The van der Waals surface area contributed by atoms with Gasteiger partial charge in [0.05, 0.1) is 19.9 Å². The Morgan fingerprint density at radius 1 is 1.10 bits per heavy atom. The number of nitrogens with zero attached hydrogens (tertiary/aromatic N) is 5. The van der Waals surface area contributed by atoms with E-state index in [1.54, 1.807) is 44.3 Å². The van der Waals surface area contributed by atoms with Crippen LogP contribution in [-0.4, -0.2) is 64.0 Å². The van der Waals surface area contributed by atoms with Crippen molar-refractivity contribution in [2.75, 3.05) is 27.3 Å². The molecule has 1 aliphatic heterocycles. The highest BCUT2D eigenvalue weighted by atomic mass is 16.5. The maximum absolute atomic E-state index is 13.2. The van der Waals surface area contributed by atoms with Crippen LogP contribution in [0.25, 0.3) is 11.3 Å². The van der Waals surface area contributed by atoms with Gasteiger partial charge in [-0.25, -0.2) is 9.97 Å². The first-order chi connectivity index (χ1) is 15.1. The molecular weight excluding hydrogens is 398 g/mol. The van der Waals surface area contributed by atoms with Crippen molar-refractivity contribution < 1.29 is 19.0 Å². The molecule has 1 amide bonds. The summed E-state index contributed by atoms with van der Waals surface area (Å²) >= 11 is 0. The summed E-state index contributed by atoms with van der Waals surface area (Å²) in [5.41, 5.74) is 1.95. The van der Waals surface area contributed by atoms with Crippen LogP contribution in [0.1, 0.15) is 23.3 Å². The van der Waals surface area contributed by atoms with E-state index >= 15 is 0 Å². The minimum atomic E-state index is -0.0522. The van der Waals surface area contributed by atoms with E-state index in [0.29, 0.717) is 41.9 Å². The third-order valence-corrected chi connectivity index (χ3v) is 5.35. The van der Waals surface area contributed by atoms with E-state index < -0.39 is 0 Å². The molecule has 0 aliphatic carbocycles. The zero-order valence-electron chi connectivity index (χ0n) is 17.8. The van der Waals surface area contributed by atoms with Crippen molar-refractivity contribution in [1.29, 1.82) is 0 Å². The maximum Gasteiger partial charge on any atom is 0.272 e. The molecule has 9 nitrogen and oxygen atoms in total. The Morgan fingerprint density at radius 2 is 1.90 bits per heavy atom. The fourth-order valence-electron chi connectivity index (χ4n) is 3.67. The van der Waals surface area contributed by atoms with Crippen LogP contribution in [0.2, 0.25) is 0 Å². The lowest BCUT2D eigenvalue weighted by molar-refractivity contribution is 0.0578. The number of carbonyl (C=O) groups excluding carboxylic acids is 1. The Hall–Kier alpha value is -3.62. The Labute approximate surface area is 180 Å². The number of rotatable bonds is 6. The van der Waals surface area contributed by atoms with Gasteiger partial charge in [0.2, 0.25) is 5.88 Å². The predicted molar refractivity (Wildman–Crippen MR) is 113 cm³/mol. The van der Waals surface area contributed by atoms with Gasteiger partial charge in [0.1, 0.15) is 29.6 Å². The van der Waals surface area contributed by atoms with E-state index in [9.17, 15) is 4.79 Å². The first-order valence-corrected chi connectivity index (χ1v) is 10.1. The molecule has 0 radical (unpaired) electrons. The van der Waals surface area contributed by atoms with Crippen LogP contribution in [0.4, 0.5) is 0 Å². The van der Waals surface area contributed by atoms with Crippen molar-refractivity contribution in [2.24, 2.45) is 7.05 Å². The smallest absolute Gasteiger partial charge is 0.272 e. The Balaban J connectivity index is 1.46. The van der Waals surface area contributed by atoms with Crippen molar-refractivity contribution in [1.82, 2.24) is 24.6 Å². The summed E-state index contributed by atoms with van der Waals surface area (Å²) in [6.45, 7) is 1.22. The van der Waals surface area contributed by atoms with E-state index in [-0.39, 0.29) is 12.0 Å². The zero-order chi connectivity index (χ0) is 21.8. The summed E-state index contributed by atoms with van der Waals surface area (Å²) in [5, 5.41) is 4.55. The quantitative estimate of drug-likeness (QED) is 0.602. The van der Waals surface area contributed by atoms with Crippen molar-refractivity contribution >= 4 is 5.91 Å². The van der Waals surface area contributed by atoms with E-state index in [4.69, 9.17) is 14.2 Å². The molecule has 0 spiro atoms. The lowest BCUT2D eigenvalue weighted by Crippen LogP contribution is -2.42. The largest absolute Gasteiger partial charge is 0.497 e. The zero-order valence-corrected chi connectivity index (χ0v) is 17.8. The number of methoxy groups -OCH3 is 2. The van der Waals surface area contributed by atoms with Crippen molar-refractivity contribution in [2.45, 2.75) is 18.9 Å². The fourth-order valence-corrected chi connectivity index (χ4v) is 3.67. The lowest BCUT2D eigenvalue weighted by Gasteiger charge is -2.31. The molecule has 1 saturated heterocycles. The number of ether oxygens (including phenoxy) is 3. The number of benzene rings is 1. The summed E-state index contributed by atoms with van der Waals surface area (Å²) in [7, 11) is 4.99. The third-order valence-electron chi connectivity index (χ3n) is 5.35. The first-order valence-electron chi connectivity index (χ1n) is 10.1. The molecule has 0 saturated carbocycles. The van der Waals surface area contributed by atoms with Crippen LogP contribution in [0, 0.1) is 0 Å². The third kappa shape index (κ3) is 4.45. The second kappa shape index (κ2) is 9.03. The normalized spacial score (nSPS) is 14.4. The Bertz CT molecular complexity index is 1050. The van der Waals surface area contributed by atoms with E-state index in [0.717, 1.165) is 18.4 Å². The van der Waals surface area contributed by atoms with Gasteiger partial charge in [-0.15, -0.1) is 0 Å². The molecule has 0 bridgehead atoms. The van der Waals surface area contributed by atoms with Gasteiger partial charge in [-0.1, -0.05) is 0 Å². The SMILES string of the molecule is COc1ccc(OC)c(-c2cc(C(=O)N3CCC(Oc4ccncn4)CC3)n(C)n2)c1. The standard InChI is InChI=1S/C22H25N5O4/c1-26-19(13-18(25-26)17-12-16(29-2)4-5-20(17)30-3)22(28)27-10-7-15(8-11-27)31-21-6-9-23-14-24-21/h4-6,9,12-15H,7-8,10-11H2,1-3H3. The average Bonchev–Trinajstić information content (AvgIpc) is 3.20. The first kappa shape index (κ1) is 20.6. The maximum atomic E-state index is 13.2. The molecule has 9 heteroatoms. The van der Waals surface area contributed by atoms with Gasteiger partial charge in [0, 0.05) is 50.8 Å². The van der Waals surface area contributed by atoms with Gasteiger partial charge in [0.15, 0.2) is 0 Å². The van der Waals surface area contributed by atoms with Crippen molar-refractivity contribution in [3.05, 3.63) is 48.5 Å². The van der Waals surface area contributed by atoms with Crippen LogP contribution in [0.5, 0.6) is 17.4 Å². The number of aromatic nitrogens is 4. The molecular formula is C22H25N5O4. The van der Waals surface area contributed by atoms with Crippen LogP contribution >= 0.6 is 0 Å². The van der Waals surface area contributed by atoms with Gasteiger partial charge >= 0.3 is 0 Å². The fraction of sp³-hybridized carbons (Fsp3) is 0.364. The molecule has 3 heterocycles. The molecule has 0 unspecified atom stereocenters. The number of amides is 1. The summed E-state index contributed by atoms with van der Waals surface area (Å²) in [4.78, 5) is 23.0. The molecule has 4 rings (SSSR count). The topological polar surface area (TPSA) is 91.6 Å². The molecule has 3 aromatic rings. The molecule has 0 N–H and O–H groups in total. The van der Waals surface area contributed by atoms with Crippen LogP contribution in [0.3, 0.4) is 0 Å². The Morgan fingerprint density at radius 3 is 2.58 bits per heavy atom. The highest BCUT2D eigenvalue weighted by Crippen LogP contribution is 2.33. The van der Waals surface area contributed by atoms with Crippen LogP contribution < -0.4 is 14.2 Å². The summed E-state index contributed by atoms with van der Waals surface area (Å²) in [6, 6.07) is 9.04. The Kier molecular flexibility index (Phi) is 6.01. The van der Waals surface area contributed by atoms with Gasteiger partial charge < -0.3 is 19.1 Å². The van der Waals surface area contributed by atoms with Gasteiger partial charge in [-0.3, -0.25) is 9.48 Å². The van der Waals surface area contributed by atoms with Gasteiger partial charge in [0.25, 0.3) is 5.91 Å². The number of hydrogen-bond donors (Lipinski definition) is 0. The molecule has 31 heavy (non-hydrogen) atoms. The van der Waals surface area contributed by atoms with E-state index in [2.05, 4.69) is 15.1 Å². The summed E-state index contributed by atoms with van der Waals surface area (Å²) in [6.07, 6.45) is 4.62. The monoisotopic (exact) mass is 423 g/mol. The lowest BCUT2D eigenvalue weighted by atomic mass is 10.1. The number of aryl methyl sites for hydroxylation is 1. The molecule has 1 aliphatic rings. The summed E-state index contributed by atoms with van der Waals surface area (Å²) < 4.78 is 18.3. The highest BCUT2D eigenvalue weighted by Gasteiger charge is 2.27. The number of hydrogen-bond acceptors (Lipinski definition) is 7. The van der Waals surface area contributed by atoms with Gasteiger partial charge in [-0.05, 0) is 24.3 Å². The van der Waals surface area contributed by atoms with Crippen LogP contribution in [0.15, 0.2) is 42.9 Å². The molecule has 0 atom stereocenters. The average molecular weight is 423 g/mol. The second-order valence-corrected chi connectivity index (χ2v) is 7.26. The predicted octanol–water partition coefficient (Wildman–Crippen LogP) is 2.58. The number of carbonyl (C=O) groups is 1. The second-order valence-electron chi connectivity index (χ2n) is 7.26. The van der Waals surface area contributed by atoms with Crippen molar-refractivity contribution in [3.8, 4) is 28.6 Å². The number of likely N-dealkylation sites (tertiary alicyclic amines) is 1.